The average molecular weight is 202 g/mol. The fourth-order valence-corrected chi connectivity index (χ4v) is 1.03. The zero-order valence-electron chi connectivity index (χ0n) is 8.66. The van der Waals surface area contributed by atoms with E-state index in [-0.39, 0.29) is 5.78 Å². The molecular weight excluding hydrogens is 184 g/mol. The van der Waals surface area contributed by atoms with Crippen molar-refractivity contribution in [2.75, 3.05) is 7.11 Å². The first kappa shape index (κ1) is 13.1. The van der Waals surface area contributed by atoms with Crippen molar-refractivity contribution in [3.05, 3.63) is 0 Å². The molecule has 2 unspecified atom stereocenters. The number of carbonyl (C=O) groups excluding carboxylic acids is 2. The Balaban J connectivity index is 3.64. The molecule has 14 heavy (non-hydrogen) atoms. The van der Waals surface area contributed by atoms with Crippen molar-refractivity contribution < 1.29 is 14.3 Å². The minimum absolute atomic E-state index is 0.0448. The molecule has 0 aliphatic rings. The van der Waals surface area contributed by atoms with Gasteiger partial charge in [-0.1, -0.05) is 0 Å². The number of rotatable bonds is 6. The molecule has 0 saturated carbocycles. The summed E-state index contributed by atoms with van der Waals surface area (Å²) >= 11 is 0. The van der Waals surface area contributed by atoms with Crippen LogP contribution < -0.4 is 11.5 Å². The Bertz CT molecular complexity index is 206. The highest BCUT2D eigenvalue weighted by Gasteiger charge is 2.14. The monoisotopic (exact) mass is 202 g/mol. The van der Waals surface area contributed by atoms with Gasteiger partial charge in [0, 0.05) is 0 Å². The van der Waals surface area contributed by atoms with Crippen LogP contribution in [0, 0.1) is 0 Å². The van der Waals surface area contributed by atoms with E-state index in [1.165, 1.54) is 14.0 Å². The van der Waals surface area contributed by atoms with E-state index in [4.69, 9.17) is 11.5 Å². The number of hydrogen-bond acceptors (Lipinski definition) is 5. The van der Waals surface area contributed by atoms with Gasteiger partial charge < -0.3 is 16.2 Å². The van der Waals surface area contributed by atoms with Crippen LogP contribution in [-0.4, -0.2) is 30.9 Å². The third-order valence-corrected chi connectivity index (χ3v) is 2.06. The van der Waals surface area contributed by atoms with Crippen LogP contribution in [0.15, 0.2) is 0 Å². The number of ether oxygens (including phenoxy) is 1. The second-order valence-electron chi connectivity index (χ2n) is 3.28. The summed E-state index contributed by atoms with van der Waals surface area (Å²) in [7, 11) is 1.30. The Morgan fingerprint density at radius 2 is 1.71 bits per heavy atom. The molecule has 0 aliphatic carbocycles. The molecule has 5 heteroatoms. The standard InChI is InChI=1S/C9H18N2O3/c1-6(12)7(10)4-3-5-8(11)9(13)14-2/h7-8H,3-5,10-11H2,1-2H3. The van der Waals surface area contributed by atoms with Crippen molar-refractivity contribution in [3.8, 4) is 0 Å². The van der Waals surface area contributed by atoms with Crippen molar-refractivity contribution in [1.82, 2.24) is 0 Å². The van der Waals surface area contributed by atoms with Crippen LogP contribution in [0.2, 0.25) is 0 Å². The molecular formula is C9H18N2O3. The van der Waals surface area contributed by atoms with Gasteiger partial charge in [-0.2, -0.15) is 0 Å². The van der Waals surface area contributed by atoms with Gasteiger partial charge in [0.25, 0.3) is 0 Å². The van der Waals surface area contributed by atoms with E-state index in [1.807, 2.05) is 0 Å². The van der Waals surface area contributed by atoms with E-state index in [1.54, 1.807) is 0 Å². The lowest BCUT2D eigenvalue weighted by molar-refractivity contribution is -0.142. The summed E-state index contributed by atoms with van der Waals surface area (Å²) in [4.78, 5) is 21.6. The summed E-state index contributed by atoms with van der Waals surface area (Å²) in [6.07, 6.45) is 1.70. The van der Waals surface area contributed by atoms with Crippen molar-refractivity contribution >= 4 is 11.8 Å². The summed E-state index contributed by atoms with van der Waals surface area (Å²) in [5.74, 6) is -0.474. The number of carbonyl (C=O) groups is 2. The van der Waals surface area contributed by atoms with E-state index >= 15 is 0 Å². The van der Waals surface area contributed by atoms with Gasteiger partial charge in [-0.3, -0.25) is 9.59 Å². The number of Topliss-reactive ketones (excluding diaryl/α,β-unsaturated/α-hetero) is 1. The molecule has 0 saturated heterocycles. The molecule has 5 nitrogen and oxygen atoms in total. The highest BCUT2D eigenvalue weighted by atomic mass is 16.5. The van der Waals surface area contributed by atoms with Crippen LogP contribution in [0.25, 0.3) is 0 Å². The third-order valence-electron chi connectivity index (χ3n) is 2.06. The van der Waals surface area contributed by atoms with Gasteiger partial charge in [0.1, 0.15) is 11.8 Å². The zero-order chi connectivity index (χ0) is 11.1. The first-order valence-corrected chi connectivity index (χ1v) is 4.58. The molecule has 4 N–H and O–H groups in total. The summed E-state index contributed by atoms with van der Waals surface area (Å²) < 4.78 is 4.45. The van der Waals surface area contributed by atoms with Crippen LogP contribution in [0.5, 0.6) is 0 Å². The second-order valence-corrected chi connectivity index (χ2v) is 3.28. The summed E-state index contributed by atoms with van der Waals surface area (Å²) in [5, 5.41) is 0. The SMILES string of the molecule is COC(=O)C(N)CCCC(N)C(C)=O. The molecule has 0 spiro atoms. The maximum atomic E-state index is 10.9. The molecule has 0 heterocycles. The number of methoxy groups -OCH3 is 1. The van der Waals surface area contributed by atoms with Crippen LogP contribution in [0.3, 0.4) is 0 Å². The molecule has 2 atom stereocenters. The van der Waals surface area contributed by atoms with Gasteiger partial charge in [-0.25, -0.2) is 0 Å². The molecule has 0 aromatic rings. The second kappa shape index (κ2) is 6.50. The van der Waals surface area contributed by atoms with Gasteiger partial charge in [-0.05, 0) is 26.2 Å². The Kier molecular flexibility index (Phi) is 6.07. The Morgan fingerprint density at radius 3 is 2.14 bits per heavy atom. The molecule has 0 aliphatic heterocycles. The highest BCUT2D eigenvalue weighted by molar-refractivity contribution is 5.81. The lowest BCUT2D eigenvalue weighted by Gasteiger charge is -2.10. The predicted molar refractivity (Wildman–Crippen MR) is 52.5 cm³/mol. The first-order valence-electron chi connectivity index (χ1n) is 4.58. The lowest BCUT2D eigenvalue weighted by atomic mass is 10.0. The number of nitrogens with two attached hydrogens (primary N) is 2. The number of hydrogen-bond donors (Lipinski definition) is 2. The van der Waals surface area contributed by atoms with Crippen molar-refractivity contribution in [2.45, 2.75) is 38.3 Å². The minimum Gasteiger partial charge on any atom is -0.468 e. The van der Waals surface area contributed by atoms with Crippen LogP contribution in [0.1, 0.15) is 26.2 Å². The van der Waals surface area contributed by atoms with Gasteiger partial charge in [0.05, 0.1) is 13.2 Å². The predicted octanol–water partition coefficient (Wildman–Crippen LogP) is -0.427. The molecule has 0 aromatic carbocycles. The normalized spacial score (nSPS) is 14.6. The largest absolute Gasteiger partial charge is 0.468 e. The Hall–Kier alpha value is -0.940. The van der Waals surface area contributed by atoms with Crippen molar-refractivity contribution in [3.63, 3.8) is 0 Å². The quantitative estimate of drug-likeness (QED) is 0.570. The van der Waals surface area contributed by atoms with Gasteiger partial charge in [0.15, 0.2) is 0 Å². The Labute approximate surface area is 83.8 Å². The molecule has 0 bridgehead atoms. The van der Waals surface area contributed by atoms with Gasteiger partial charge >= 0.3 is 5.97 Å². The molecule has 0 fully saturated rings. The average Bonchev–Trinajstić information content (AvgIpc) is 2.15. The van der Waals surface area contributed by atoms with Crippen LogP contribution in [-0.2, 0) is 14.3 Å². The third kappa shape index (κ3) is 4.94. The highest BCUT2D eigenvalue weighted by Crippen LogP contribution is 2.03. The fraction of sp³-hybridized carbons (Fsp3) is 0.778. The Morgan fingerprint density at radius 1 is 1.21 bits per heavy atom. The lowest BCUT2D eigenvalue weighted by Crippen LogP contribution is -2.33. The van der Waals surface area contributed by atoms with Gasteiger partial charge in [0.2, 0.25) is 0 Å². The first-order chi connectivity index (χ1) is 6.49. The summed E-state index contributed by atoms with van der Waals surface area (Å²) in [6, 6.07) is -1.06. The topological polar surface area (TPSA) is 95.4 Å². The smallest absolute Gasteiger partial charge is 0.322 e. The van der Waals surface area contributed by atoms with E-state index in [0.29, 0.717) is 19.3 Å². The van der Waals surface area contributed by atoms with Crippen molar-refractivity contribution in [2.24, 2.45) is 11.5 Å². The van der Waals surface area contributed by atoms with E-state index in [9.17, 15) is 9.59 Å². The molecule has 0 rings (SSSR count). The molecule has 0 aromatic heterocycles. The van der Waals surface area contributed by atoms with E-state index in [2.05, 4.69) is 4.74 Å². The maximum absolute atomic E-state index is 10.9. The summed E-state index contributed by atoms with van der Waals surface area (Å²) in [5.41, 5.74) is 11.0. The minimum atomic E-state index is -0.612. The summed E-state index contributed by atoms with van der Waals surface area (Å²) in [6.45, 7) is 1.45. The maximum Gasteiger partial charge on any atom is 0.322 e. The van der Waals surface area contributed by atoms with Crippen LogP contribution >= 0.6 is 0 Å². The number of esters is 1. The van der Waals surface area contributed by atoms with Crippen LogP contribution in [0.4, 0.5) is 0 Å². The molecule has 0 amide bonds. The van der Waals surface area contributed by atoms with Gasteiger partial charge in [-0.15, -0.1) is 0 Å². The fourth-order valence-electron chi connectivity index (χ4n) is 1.03. The zero-order valence-corrected chi connectivity index (χ0v) is 8.66. The number of ketones is 1. The molecule has 0 radical (unpaired) electrons. The van der Waals surface area contributed by atoms with Crippen molar-refractivity contribution in [1.29, 1.82) is 0 Å². The van der Waals surface area contributed by atoms with E-state index in [0.717, 1.165) is 0 Å². The van der Waals surface area contributed by atoms with E-state index < -0.39 is 18.1 Å². The molecule has 82 valence electrons.